The highest BCUT2D eigenvalue weighted by atomic mass is 35.5. The standard InChI is InChI=1S/C18H19ClN2O.ClH/c1-11-5-6-13(10-16(11)19)18(22)21-17-4-2-3-12-9-14(20)7-8-15(12)17;/h5-10,17H,2-4,20H2,1H3,(H,21,22);1H. The SMILES string of the molecule is Cc1ccc(C(=O)NC2CCCc3cc(N)ccc32)cc1Cl.Cl. The van der Waals surface area contributed by atoms with E-state index in [1.807, 2.05) is 37.3 Å². The van der Waals surface area contributed by atoms with Crippen LogP contribution in [0.25, 0.3) is 0 Å². The van der Waals surface area contributed by atoms with Gasteiger partial charge in [0.15, 0.2) is 0 Å². The Kier molecular flexibility index (Phi) is 5.55. The van der Waals surface area contributed by atoms with Crippen molar-refractivity contribution in [2.45, 2.75) is 32.2 Å². The molecule has 3 rings (SSSR count). The Labute approximate surface area is 147 Å². The van der Waals surface area contributed by atoms with Gasteiger partial charge < -0.3 is 11.1 Å². The summed E-state index contributed by atoms with van der Waals surface area (Å²) in [4.78, 5) is 12.5. The minimum absolute atomic E-state index is 0. The van der Waals surface area contributed by atoms with Gasteiger partial charge in [0.05, 0.1) is 6.04 Å². The molecule has 0 saturated heterocycles. The van der Waals surface area contributed by atoms with Crippen LogP contribution in [0.4, 0.5) is 5.69 Å². The summed E-state index contributed by atoms with van der Waals surface area (Å²) >= 11 is 6.11. The molecule has 1 atom stereocenters. The Morgan fingerprint density at radius 2 is 2.04 bits per heavy atom. The molecule has 0 bridgehead atoms. The zero-order valence-electron chi connectivity index (χ0n) is 12.9. The van der Waals surface area contributed by atoms with Gasteiger partial charge in [-0.05, 0) is 67.1 Å². The zero-order valence-corrected chi connectivity index (χ0v) is 14.5. The van der Waals surface area contributed by atoms with Crippen molar-refractivity contribution >= 4 is 35.6 Å². The molecule has 0 radical (unpaired) electrons. The van der Waals surface area contributed by atoms with Crippen molar-refractivity contribution in [3.63, 3.8) is 0 Å². The molecule has 3 N–H and O–H groups in total. The number of nitrogen functional groups attached to an aromatic ring is 1. The van der Waals surface area contributed by atoms with E-state index in [2.05, 4.69) is 5.32 Å². The molecule has 1 aliphatic rings. The van der Waals surface area contributed by atoms with Gasteiger partial charge in [-0.15, -0.1) is 12.4 Å². The van der Waals surface area contributed by atoms with Gasteiger partial charge in [0, 0.05) is 16.3 Å². The highest BCUT2D eigenvalue weighted by Crippen LogP contribution is 2.31. The predicted molar refractivity (Wildman–Crippen MR) is 97.4 cm³/mol. The summed E-state index contributed by atoms with van der Waals surface area (Å²) in [6, 6.07) is 11.4. The number of hydrogen-bond acceptors (Lipinski definition) is 2. The Morgan fingerprint density at radius 1 is 1.26 bits per heavy atom. The Hall–Kier alpha value is -1.71. The maximum Gasteiger partial charge on any atom is 0.251 e. The molecular formula is C18H20Cl2N2O. The largest absolute Gasteiger partial charge is 0.399 e. The van der Waals surface area contributed by atoms with Gasteiger partial charge in [-0.2, -0.15) is 0 Å². The molecule has 0 spiro atoms. The summed E-state index contributed by atoms with van der Waals surface area (Å²) in [5.41, 5.74) is 10.6. The van der Waals surface area contributed by atoms with Crippen molar-refractivity contribution < 1.29 is 4.79 Å². The zero-order chi connectivity index (χ0) is 15.7. The third-order valence-electron chi connectivity index (χ3n) is 4.22. The second-order valence-electron chi connectivity index (χ2n) is 5.84. The third kappa shape index (κ3) is 3.80. The molecular weight excluding hydrogens is 331 g/mol. The van der Waals surface area contributed by atoms with Crippen LogP contribution in [0.15, 0.2) is 36.4 Å². The van der Waals surface area contributed by atoms with Gasteiger partial charge >= 0.3 is 0 Å². The third-order valence-corrected chi connectivity index (χ3v) is 4.63. The number of aryl methyl sites for hydroxylation is 2. The number of amides is 1. The van der Waals surface area contributed by atoms with Crippen LogP contribution < -0.4 is 11.1 Å². The lowest BCUT2D eigenvalue weighted by molar-refractivity contribution is 0.0933. The summed E-state index contributed by atoms with van der Waals surface area (Å²) in [5, 5.41) is 3.73. The molecule has 0 aromatic heterocycles. The highest BCUT2D eigenvalue weighted by molar-refractivity contribution is 6.31. The van der Waals surface area contributed by atoms with Crippen LogP contribution in [-0.2, 0) is 6.42 Å². The van der Waals surface area contributed by atoms with Crippen molar-refractivity contribution in [1.82, 2.24) is 5.32 Å². The first-order valence-corrected chi connectivity index (χ1v) is 7.87. The number of halogens is 2. The average Bonchev–Trinajstić information content (AvgIpc) is 2.50. The van der Waals surface area contributed by atoms with Crippen molar-refractivity contribution in [3.8, 4) is 0 Å². The molecule has 1 amide bonds. The van der Waals surface area contributed by atoms with E-state index in [0.29, 0.717) is 10.6 Å². The number of rotatable bonds is 2. The molecule has 0 aliphatic heterocycles. The van der Waals surface area contributed by atoms with Gasteiger partial charge in [0.2, 0.25) is 0 Å². The quantitative estimate of drug-likeness (QED) is 0.785. The lowest BCUT2D eigenvalue weighted by Crippen LogP contribution is -2.31. The van der Waals surface area contributed by atoms with Crippen LogP contribution >= 0.6 is 24.0 Å². The number of anilines is 1. The van der Waals surface area contributed by atoms with Crippen LogP contribution in [0, 0.1) is 6.92 Å². The molecule has 2 aromatic rings. The van der Waals surface area contributed by atoms with Gasteiger partial charge in [-0.3, -0.25) is 4.79 Å². The van der Waals surface area contributed by atoms with Crippen LogP contribution in [0.5, 0.6) is 0 Å². The van der Waals surface area contributed by atoms with E-state index >= 15 is 0 Å². The Balaban J connectivity index is 0.00000192. The highest BCUT2D eigenvalue weighted by Gasteiger charge is 2.22. The maximum absolute atomic E-state index is 12.5. The van der Waals surface area contributed by atoms with Crippen molar-refractivity contribution in [3.05, 3.63) is 63.7 Å². The normalized spacial score (nSPS) is 16.2. The van der Waals surface area contributed by atoms with Gasteiger partial charge in [0.25, 0.3) is 5.91 Å². The van der Waals surface area contributed by atoms with Crippen LogP contribution in [0.1, 0.15) is 45.9 Å². The van der Waals surface area contributed by atoms with E-state index in [1.54, 1.807) is 6.07 Å². The van der Waals surface area contributed by atoms with Crippen molar-refractivity contribution in [1.29, 1.82) is 0 Å². The van der Waals surface area contributed by atoms with Crippen LogP contribution in [-0.4, -0.2) is 5.91 Å². The molecule has 0 fully saturated rings. The van der Waals surface area contributed by atoms with E-state index in [9.17, 15) is 4.79 Å². The minimum Gasteiger partial charge on any atom is -0.399 e. The number of nitrogens with one attached hydrogen (secondary N) is 1. The Bertz CT molecular complexity index is 731. The van der Waals surface area contributed by atoms with Crippen molar-refractivity contribution in [2.24, 2.45) is 0 Å². The number of hydrogen-bond donors (Lipinski definition) is 2. The fourth-order valence-corrected chi connectivity index (χ4v) is 3.14. The molecule has 3 nitrogen and oxygen atoms in total. The first kappa shape index (κ1) is 17.6. The van der Waals surface area contributed by atoms with Crippen LogP contribution in [0.2, 0.25) is 5.02 Å². The first-order valence-electron chi connectivity index (χ1n) is 7.50. The van der Waals surface area contributed by atoms with Gasteiger partial charge in [0.1, 0.15) is 0 Å². The van der Waals surface area contributed by atoms with Crippen molar-refractivity contribution in [2.75, 3.05) is 5.73 Å². The summed E-state index contributed by atoms with van der Waals surface area (Å²) in [6.45, 7) is 1.92. The first-order chi connectivity index (χ1) is 10.5. The molecule has 1 aliphatic carbocycles. The molecule has 5 heteroatoms. The second-order valence-corrected chi connectivity index (χ2v) is 6.25. The predicted octanol–water partition coefficient (Wildman–Crippen LogP) is 4.46. The number of carbonyl (C=O) groups excluding carboxylic acids is 1. The maximum atomic E-state index is 12.5. The van der Waals surface area contributed by atoms with E-state index in [1.165, 1.54) is 11.1 Å². The summed E-state index contributed by atoms with van der Waals surface area (Å²) in [6.07, 6.45) is 3.02. The summed E-state index contributed by atoms with van der Waals surface area (Å²) in [5.74, 6) is -0.0865. The summed E-state index contributed by atoms with van der Waals surface area (Å²) < 4.78 is 0. The molecule has 122 valence electrons. The molecule has 2 aromatic carbocycles. The molecule has 1 unspecified atom stereocenters. The fraction of sp³-hybridized carbons (Fsp3) is 0.278. The monoisotopic (exact) mass is 350 g/mol. The van der Waals surface area contributed by atoms with E-state index in [4.69, 9.17) is 17.3 Å². The smallest absolute Gasteiger partial charge is 0.251 e. The Morgan fingerprint density at radius 3 is 2.78 bits per heavy atom. The number of carbonyl (C=O) groups is 1. The topological polar surface area (TPSA) is 55.1 Å². The fourth-order valence-electron chi connectivity index (χ4n) is 2.96. The number of nitrogens with two attached hydrogens (primary N) is 1. The van der Waals surface area contributed by atoms with E-state index in [0.717, 1.165) is 30.5 Å². The van der Waals surface area contributed by atoms with E-state index in [-0.39, 0.29) is 24.4 Å². The minimum atomic E-state index is -0.0865. The number of benzene rings is 2. The molecule has 0 heterocycles. The average molecular weight is 351 g/mol. The molecule has 0 saturated carbocycles. The summed E-state index contributed by atoms with van der Waals surface area (Å²) in [7, 11) is 0. The van der Waals surface area contributed by atoms with Gasteiger partial charge in [-0.25, -0.2) is 0 Å². The lowest BCUT2D eigenvalue weighted by atomic mass is 9.87. The van der Waals surface area contributed by atoms with Gasteiger partial charge in [-0.1, -0.05) is 23.7 Å². The lowest BCUT2D eigenvalue weighted by Gasteiger charge is -2.26. The molecule has 23 heavy (non-hydrogen) atoms. The van der Waals surface area contributed by atoms with E-state index < -0.39 is 0 Å². The number of fused-ring (bicyclic) bond motifs is 1. The second kappa shape index (κ2) is 7.24. The van der Waals surface area contributed by atoms with Crippen LogP contribution in [0.3, 0.4) is 0 Å².